The van der Waals surface area contributed by atoms with Crippen molar-refractivity contribution in [1.82, 2.24) is 28.9 Å². The van der Waals surface area contributed by atoms with Gasteiger partial charge in [-0.25, -0.2) is 9.97 Å². The second-order valence-electron chi connectivity index (χ2n) is 14.1. The summed E-state index contributed by atoms with van der Waals surface area (Å²) in [7, 11) is 0. The van der Waals surface area contributed by atoms with E-state index in [2.05, 4.69) is 41.0 Å². The molecule has 0 aliphatic carbocycles. The highest BCUT2D eigenvalue weighted by molar-refractivity contribution is 6.31. The van der Waals surface area contributed by atoms with Crippen molar-refractivity contribution in [2.45, 2.75) is 26.2 Å². The largest absolute Gasteiger partial charge is 0.329 e. The fraction of sp³-hybridized carbons (Fsp3) is 0.227. The van der Waals surface area contributed by atoms with E-state index in [-0.39, 0.29) is 11.8 Å². The van der Waals surface area contributed by atoms with Gasteiger partial charge in [-0.2, -0.15) is 10.5 Å². The van der Waals surface area contributed by atoms with Crippen molar-refractivity contribution in [2.75, 3.05) is 49.1 Å². The highest BCUT2D eigenvalue weighted by Gasteiger charge is 2.27. The summed E-state index contributed by atoms with van der Waals surface area (Å²) in [5.74, 6) is 0.133. The molecule has 0 atom stereocenters. The van der Waals surface area contributed by atoms with E-state index in [1.54, 1.807) is 34.6 Å². The van der Waals surface area contributed by atoms with E-state index in [1.165, 1.54) is 0 Å². The first kappa shape index (κ1) is 39.9. The fourth-order valence-electron chi connectivity index (χ4n) is 7.01. The standard InChI is InChI=1S/2C22H20ClN5O/c2*23-19-2-1-3-20(10-19)28-9-8-26(15-22(28)29)14-21-12-25-16-27(21)13-18-6-4-17(11-24)5-7-18/h2*1-7,10,12,16H,8-9,13-15H2. The predicted octanol–water partition coefficient (Wildman–Crippen LogP) is 6.61. The molecule has 0 bridgehead atoms. The topological polar surface area (TPSA) is 130 Å². The predicted molar refractivity (Wildman–Crippen MR) is 223 cm³/mol. The third-order valence-corrected chi connectivity index (χ3v) is 10.5. The number of piperazine rings is 2. The van der Waals surface area contributed by atoms with E-state index in [0.717, 1.165) is 47.0 Å². The number of imidazole rings is 2. The molecule has 0 saturated carbocycles. The second kappa shape index (κ2) is 18.8. The summed E-state index contributed by atoms with van der Waals surface area (Å²) in [5.41, 5.74) is 7.29. The molecule has 14 heteroatoms. The summed E-state index contributed by atoms with van der Waals surface area (Å²) in [6, 6.07) is 34.1. The smallest absolute Gasteiger partial charge is 0.241 e. The van der Waals surface area contributed by atoms with Crippen LogP contribution in [0.1, 0.15) is 33.6 Å². The lowest BCUT2D eigenvalue weighted by atomic mass is 10.1. The average Bonchev–Trinajstić information content (AvgIpc) is 3.87. The quantitative estimate of drug-likeness (QED) is 0.151. The number of amides is 2. The van der Waals surface area contributed by atoms with Gasteiger partial charge in [0.2, 0.25) is 11.8 Å². The van der Waals surface area contributed by atoms with E-state index in [1.807, 2.05) is 97.3 Å². The van der Waals surface area contributed by atoms with Crippen LogP contribution in [0.4, 0.5) is 11.4 Å². The van der Waals surface area contributed by atoms with Crippen LogP contribution in [0.15, 0.2) is 122 Å². The molecule has 2 saturated heterocycles. The number of aromatic nitrogens is 4. The highest BCUT2D eigenvalue weighted by atomic mass is 35.5. The molecule has 0 N–H and O–H groups in total. The van der Waals surface area contributed by atoms with E-state index >= 15 is 0 Å². The van der Waals surface area contributed by atoms with Crippen LogP contribution in [0.2, 0.25) is 10.0 Å². The van der Waals surface area contributed by atoms with Crippen LogP contribution in [-0.4, -0.2) is 80.0 Å². The number of nitriles is 2. The maximum atomic E-state index is 12.7. The van der Waals surface area contributed by atoms with Gasteiger partial charge in [0.05, 0.1) is 60.4 Å². The van der Waals surface area contributed by atoms with Gasteiger partial charge < -0.3 is 18.9 Å². The van der Waals surface area contributed by atoms with Crippen molar-refractivity contribution < 1.29 is 9.59 Å². The van der Waals surface area contributed by atoms with Crippen LogP contribution < -0.4 is 9.80 Å². The summed E-state index contributed by atoms with van der Waals surface area (Å²) in [6.07, 6.45) is 7.30. The molecule has 4 aromatic carbocycles. The third-order valence-electron chi connectivity index (χ3n) is 10.1. The minimum Gasteiger partial charge on any atom is -0.329 e. The van der Waals surface area contributed by atoms with E-state index in [0.29, 0.717) is 73.5 Å². The van der Waals surface area contributed by atoms with E-state index in [4.69, 9.17) is 33.7 Å². The Bertz CT molecular complexity index is 2280. The molecule has 4 heterocycles. The molecule has 12 nitrogen and oxygen atoms in total. The Morgan fingerprint density at radius 1 is 0.552 bits per heavy atom. The van der Waals surface area contributed by atoms with Crippen LogP contribution in [0, 0.1) is 22.7 Å². The van der Waals surface area contributed by atoms with Crippen molar-refractivity contribution >= 4 is 46.4 Å². The van der Waals surface area contributed by atoms with Crippen molar-refractivity contribution in [2.24, 2.45) is 0 Å². The Hall–Kier alpha value is -6.28. The van der Waals surface area contributed by atoms with Crippen molar-refractivity contribution in [3.8, 4) is 12.1 Å². The molecule has 6 aromatic rings. The minimum absolute atomic E-state index is 0.0664. The summed E-state index contributed by atoms with van der Waals surface area (Å²) >= 11 is 12.1. The van der Waals surface area contributed by atoms with Gasteiger partial charge >= 0.3 is 0 Å². The van der Waals surface area contributed by atoms with E-state index in [9.17, 15) is 9.59 Å². The number of halogens is 2. The molecule has 2 amide bonds. The van der Waals surface area contributed by atoms with E-state index < -0.39 is 0 Å². The number of nitrogens with zero attached hydrogens (tertiary/aromatic N) is 10. The van der Waals surface area contributed by atoms with Crippen LogP contribution >= 0.6 is 23.2 Å². The minimum atomic E-state index is 0.0664. The van der Waals surface area contributed by atoms with Crippen LogP contribution in [0.5, 0.6) is 0 Å². The molecule has 2 fully saturated rings. The molecule has 0 radical (unpaired) electrons. The number of anilines is 2. The number of carbonyl (C=O) groups is 2. The van der Waals surface area contributed by atoms with Crippen LogP contribution in [-0.2, 0) is 35.8 Å². The lowest BCUT2D eigenvalue weighted by Crippen LogP contribution is -2.50. The van der Waals surface area contributed by atoms with Gasteiger partial charge in [0.1, 0.15) is 0 Å². The Morgan fingerprint density at radius 3 is 1.33 bits per heavy atom. The van der Waals surface area contributed by atoms with Gasteiger partial charge in [0, 0.05) is 86.2 Å². The summed E-state index contributed by atoms with van der Waals surface area (Å²) in [5, 5.41) is 19.1. The molecular weight excluding hydrogens is 771 g/mol. The van der Waals surface area contributed by atoms with Crippen molar-refractivity contribution in [1.29, 1.82) is 10.5 Å². The molecular formula is C44H40Cl2N10O2. The van der Waals surface area contributed by atoms with Gasteiger partial charge in [-0.3, -0.25) is 19.4 Å². The zero-order chi connectivity index (χ0) is 40.4. The van der Waals surface area contributed by atoms with Gasteiger partial charge in [-0.05, 0) is 71.8 Å². The molecule has 292 valence electrons. The van der Waals surface area contributed by atoms with Gasteiger partial charge in [0.15, 0.2) is 0 Å². The third kappa shape index (κ3) is 10.2. The Labute approximate surface area is 347 Å². The molecule has 8 rings (SSSR count). The number of benzene rings is 4. The first-order valence-electron chi connectivity index (χ1n) is 18.8. The zero-order valence-corrected chi connectivity index (χ0v) is 33.2. The summed E-state index contributed by atoms with van der Waals surface area (Å²) in [4.78, 5) is 41.8. The molecule has 58 heavy (non-hydrogen) atoms. The first-order chi connectivity index (χ1) is 28.2. The lowest BCUT2D eigenvalue weighted by molar-refractivity contribution is -0.122. The summed E-state index contributed by atoms with van der Waals surface area (Å²) in [6.45, 7) is 6.20. The molecule has 2 aliphatic heterocycles. The average molecular weight is 812 g/mol. The number of carbonyl (C=O) groups excluding carboxylic acids is 2. The summed E-state index contributed by atoms with van der Waals surface area (Å²) < 4.78 is 4.16. The van der Waals surface area contributed by atoms with Crippen LogP contribution in [0.25, 0.3) is 0 Å². The van der Waals surface area contributed by atoms with Gasteiger partial charge in [-0.1, -0.05) is 59.6 Å². The zero-order valence-electron chi connectivity index (χ0n) is 31.7. The van der Waals surface area contributed by atoms with Gasteiger partial charge in [-0.15, -0.1) is 0 Å². The second-order valence-corrected chi connectivity index (χ2v) is 15.0. The van der Waals surface area contributed by atoms with Crippen molar-refractivity contribution in [3.63, 3.8) is 0 Å². The highest BCUT2D eigenvalue weighted by Crippen LogP contribution is 2.24. The van der Waals surface area contributed by atoms with Gasteiger partial charge in [0.25, 0.3) is 0 Å². The normalized spacial score (nSPS) is 14.8. The molecule has 2 aliphatic rings. The number of hydrogen-bond acceptors (Lipinski definition) is 8. The fourth-order valence-corrected chi connectivity index (χ4v) is 7.38. The maximum absolute atomic E-state index is 12.7. The Kier molecular flexibility index (Phi) is 12.9. The number of hydrogen-bond donors (Lipinski definition) is 0. The first-order valence-corrected chi connectivity index (χ1v) is 19.5. The SMILES string of the molecule is N#Cc1ccc(Cn2cncc2CN2CCN(c3cccc(Cl)c3)C(=O)C2)cc1.N#Cc1ccc(Cn2cncc2CN2CCN(c3cccc(Cl)c3)C(=O)C2)cc1. The monoisotopic (exact) mass is 810 g/mol. The molecule has 2 aromatic heterocycles. The Balaban J connectivity index is 0.000000177. The molecule has 0 unspecified atom stereocenters. The maximum Gasteiger partial charge on any atom is 0.241 e. The molecule has 0 spiro atoms. The Morgan fingerprint density at radius 2 is 0.966 bits per heavy atom. The van der Waals surface area contributed by atoms with Crippen LogP contribution in [0.3, 0.4) is 0 Å². The number of rotatable bonds is 10. The lowest BCUT2D eigenvalue weighted by Gasteiger charge is -2.34. The van der Waals surface area contributed by atoms with Crippen molar-refractivity contribution in [3.05, 3.63) is 166 Å².